The van der Waals surface area contributed by atoms with Crippen molar-refractivity contribution in [3.63, 3.8) is 0 Å². The van der Waals surface area contributed by atoms with Crippen LogP contribution in [0.2, 0.25) is 0 Å². The molecule has 2 aromatic heterocycles. The Balaban J connectivity index is 0.00000108. The van der Waals surface area contributed by atoms with E-state index in [0.717, 1.165) is 41.4 Å². The van der Waals surface area contributed by atoms with Gasteiger partial charge < -0.3 is 25.3 Å². The number of aromatic amines is 1. The Morgan fingerprint density at radius 3 is 2.15 bits per heavy atom. The lowest BCUT2D eigenvalue weighted by molar-refractivity contribution is -0.138. The number of carbonyl (C=O) groups is 2. The summed E-state index contributed by atoms with van der Waals surface area (Å²) in [4.78, 5) is 36.5. The third-order valence-electron chi connectivity index (χ3n) is 7.72. The number of anilines is 2. The van der Waals surface area contributed by atoms with Gasteiger partial charge in [-0.2, -0.15) is 13.2 Å². The number of piperazine rings is 1. The average Bonchev–Trinajstić information content (AvgIpc) is 3.55. The first-order valence-corrected chi connectivity index (χ1v) is 18.2. The molecule has 3 N–H and O–H groups in total. The maximum atomic E-state index is 14.0. The number of halogens is 3. The number of H-pyrrole nitrogens is 1. The number of amides is 1. The van der Waals surface area contributed by atoms with E-state index in [4.69, 9.17) is 4.74 Å². The molecule has 286 valence electrons. The van der Waals surface area contributed by atoms with Gasteiger partial charge in [-0.1, -0.05) is 66.5 Å². The molecule has 1 saturated heterocycles. The van der Waals surface area contributed by atoms with Gasteiger partial charge in [0.2, 0.25) is 0 Å². The van der Waals surface area contributed by atoms with E-state index in [9.17, 15) is 22.8 Å². The van der Waals surface area contributed by atoms with Crippen molar-refractivity contribution in [1.82, 2.24) is 19.8 Å². The standard InChI is InChI=1S/C32H35F3N6O3.2C3H8.C2H6/c1-4-44-31(43)28-16-23-13-26(18-37-29(23)39-28)36-17-24-14-25(8-5-20(24)2)38-30(42)21-6-7-22(27(15-21)32(33,34)35)19-41-11-9-40(3)10-12-41;2*1-3-2;1-2/h5-8,13-16,18,36H,4,9-12,17,19H2,1-3H3,(H,37,39)(H,38,42);2*3H2,1-2H3;1-2H3. The summed E-state index contributed by atoms with van der Waals surface area (Å²) >= 11 is 0. The zero-order valence-electron chi connectivity index (χ0n) is 32.3. The number of nitrogens with zero attached hydrogens (tertiary/aromatic N) is 3. The number of pyridine rings is 1. The Bertz CT molecular complexity index is 1700. The quantitative estimate of drug-likeness (QED) is 0.148. The van der Waals surface area contributed by atoms with Crippen molar-refractivity contribution in [2.75, 3.05) is 50.5 Å². The van der Waals surface area contributed by atoms with Crippen molar-refractivity contribution in [3.05, 3.63) is 88.2 Å². The normalized spacial score (nSPS) is 13.1. The smallest absolute Gasteiger partial charge is 0.416 e. The van der Waals surface area contributed by atoms with Crippen LogP contribution in [-0.4, -0.2) is 71.5 Å². The van der Waals surface area contributed by atoms with Gasteiger partial charge in [-0.25, -0.2) is 9.78 Å². The monoisotopic (exact) mass is 726 g/mol. The van der Waals surface area contributed by atoms with E-state index in [1.54, 1.807) is 31.3 Å². The lowest BCUT2D eigenvalue weighted by Crippen LogP contribution is -2.44. The third kappa shape index (κ3) is 13.3. The number of hydrogen-bond acceptors (Lipinski definition) is 7. The highest BCUT2D eigenvalue weighted by Gasteiger charge is 2.34. The highest BCUT2D eigenvalue weighted by Crippen LogP contribution is 2.34. The number of ether oxygens (including phenoxy) is 1. The molecule has 1 fully saturated rings. The van der Waals surface area contributed by atoms with Gasteiger partial charge in [0, 0.05) is 55.9 Å². The molecular weight excluding hydrogens is 669 g/mol. The largest absolute Gasteiger partial charge is 0.461 e. The Hall–Kier alpha value is -4.42. The van der Waals surface area contributed by atoms with Crippen LogP contribution in [0.4, 0.5) is 24.5 Å². The molecule has 3 heterocycles. The van der Waals surface area contributed by atoms with E-state index in [2.05, 4.69) is 53.2 Å². The molecule has 1 aliphatic heterocycles. The summed E-state index contributed by atoms with van der Waals surface area (Å²) in [5.74, 6) is -1.07. The van der Waals surface area contributed by atoms with Gasteiger partial charge >= 0.3 is 12.1 Å². The van der Waals surface area contributed by atoms with Gasteiger partial charge in [0.1, 0.15) is 11.3 Å². The van der Waals surface area contributed by atoms with Crippen molar-refractivity contribution >= 4 is 34.3 Å². The zero-order chi connectivity index (χ0) is 38.8. The second-order valence-electron chi connectivity index (χ2n) is 12.4. The van der Waals surface area contributed by atoms with E-state index < -0.39 is 23.6 Å². The number of carbonyl (C=O) groups excluding carboxylic acids is 2. The fourth-order valence-electron chi connectivity index (χ4n) is 5.14. The summed E-state index contributed by atoms with van der Waals surface area (Å²) < 4.78 is 47.1. The first kappa shape index (κ1) is 43.7. The van der Waals surface area contributed by atoms with Crippen LogP contribution in [0.25, 0.3) is 11.0 Å². The van der Waals surface area contributed by atoms with Crippen LogP contribution in [-0.2, 0) is 24.0 Å². The maximum Gasteiger partial charge on any atom is 0.416 e. The van der Waals surface area contributed by atoms with Crippen molar-refractivity contribution in [1.29, 1.82) is 0 Å². The molecule has 0 saturated carbocycles. The first-order valence-electron chi connectivity index (χ1n) is 18.2. The van der Waals surface area contributed by atoms with E-state index in [1.807, 2.05) is 44.9 Å². The summed E-state index contributed by atoms with van der Waals surface area (Å²) in [6.45, 7) is 20.0. The number of fused-ring (bicyclic) bond motifs is 1. The molecule has 5 rings (SSSR count). The van der Waals surface area contributed by atoms with E-state index >= 15 is 0 Å². The SMILES string of the molecule is CC.CCC.CCC.CCOC(=O)c1cc2cc(NCc3cc(NC(=O)c4ccc(CN5CCN(C)CC5)c(C(F)(F)F)c4)ccc3C)cnc2[nH]1. The average molecular weight is 727 g/mol. The minimum atomic E-state index is -4.58. The number of aryl methyl sites for hydroxylation is 1. The van der Waals surface area contributed by atoms with Gasteiger partial charge in [-0.3, -0.25) is 9.69 Å². The number of alkyl halides is 3. The van der Waals surface area contributed by atoms with E-state index in [1.165, 1.54) is 25.0 Å². The molecule has 9 nitrogen and oxygen atoms in total. The van der Waals surface area contributed by atoms with Crippen molar-refractivity contribution in [2.24, 2.45) is 0 Å². The van der Waals surface area contributed by atoms with Crippen LogP contribution in [0.5, 0.6) is 0 Å². The Morgan fingerprint density at radius 1 is 0.885 bits per heavy atom. The molecule has 12 heteroatoms. The van der Waals surface area contributed by atoms with Crippen LogP contribution in [0.1, 0.15) is 104 Å². The van der Waals surface area contributed by atoms with Crippen LogP contribution in [0.3, 0.4) is 0 Å². The minimum absolute atomic E-state index is 0.0623. The van der Waals surface area contributed by atoms with Gasteiger partial charge in [0.25, 0.3) is 5.91 Å². The Kier molecular flexibility index (Phi) is 18.4. The van der Waals surface area contributed by atoms with Gasteiger partial charge in [0.15, 0.2) is 0 Å². The Morgan fingerprint density at radius 2 is 1.54 bits per heavy atom. The second-order valence-corrected chi connectivity index (χ2v) is 12.4. The number of rotatable bonds is 9. The molecule has 0 aliphatic carbocycles. The molecule has 52 heavy (non-hydrogen) atoms. The number of aromatic nitrogens is 2. The van der Waals surface area contributed by atoms with Crippen molar-refractivity contribution in [2.45, 2.75) is 87.5 Å². The Labute approximate surface area is 307 Å². The van der Waals surface area contributed by atoms with Gasteiger partial charge in [-0.05, 0) is 74.0 Å². The highest BCUT2D eigenvalue weighted by atomic mass is 19.4. The minimum Gasteiger partial charge on any atom is -0.461 e. The van der Waals surface area contributed by atoms with E-state index in [-0.39, 0.29) is 24.3 Å². The number of benzene rings is 2. The van der Waals surface area contributed by atoms with Crippen LogP contribution in [0.15, 0.2) is 54.7 Å². The van der Waals surface area contributed by atoms with Crippen LogP contribution < -0.4 is 10.6 Å². The number of likely N-dealkylation sites (N-methyl/N-ethyl adjacent to an activating group) is 1. The van der Waals surface area contributed by atoms with Crippen molar-refractivity contribution in [3.8, 4) is 0 Å². The lowest BCUT2D eigenvalue weighted by Gasteiger charge is -2.33. The number of nitrogens with one attached hydrogen (secondary N) is 3. The zero-order valence-corrected chi connectivity index (χ0v) is 32.3. The second kappa shape index (κ2) is 21.8. The topological polar surface area (TPSA) is 103 Å². The van der Waals surface area contributed by atoms with Gasteiger partial charge in [-0.15, -0.1) is 0 Å². The van der Waals surface area contributed by atoms with E-state index in [0.29, 0.717) is 36.7 Å². The molecule has 0 unspecified atom stereocenters. The highest BCUT2D eigenvalue weighted by molar-refractivity contribution is 6.04. The molecule has 0 atom stereocenters. The van der Waals surface area contributed by atoms with Crippen molar-refractivity contribution < 1.29 is 27.5 Å². The molecule has 0 radical (unpaired) electrons. The van der Waals surface area contributed by atoms with Crippen LogP contribution in [0, 0.1) is 6.92 Å². The molecule has 1 amide bonds. The predicted molar refractivity (Wildman–Crippen MR) is 206 cm³/mol. The molecular formula is C40H57F3N6O3. The summed E-state index contributed by atoms with van der Waals surface area (Å²) in [6, 6.07) is 12.7. The summed E-state index contributed by atoms with van der Waals surface area (Å²) in [5, 5.41) is 6.78. The summed E-state index contributed by atoms with van der Waals surface area (Å²) in [7, 11) is 1.99. The molecule has 2 aromatic carbocycles. The first-order chi connectivity index (χ1) is 24.8. The molecule has 4 aromatic rings. The molecule has 0 spiro atoms. The van der Waals surface area contributed by atoms with Gasteiger partial charge in [0.05, 0.1) is 24.1 Å². The van der Waals surface area contributed by atoms with Crippen LogP contribution >= 0.6 is 0 Å². The lowest BCUT2D eigenvalue weighted by atomic mass is 10.0. The predicted octanol–water partition coefficient (Wildman–Crippen LogP) is 9.54. The molecule has 1 aliphatic rings. The number of hydrogen-bond donors (Lipinski definition) is 3. The summed E-state index contributed by atoms with van der Waals surface area (Å²) in [6.07, 6.45) is -0.445. The third-order valence-corrected chi connectivity index (χ3v) is 7.72. The number of esters is 1. The molecule has 0 bridgehead atoms. The fourth-order valence-corrected chi connectivity index (χ4v) is 5.14. The summed E-state index contributed by atoms with van der Waals surface area (Å²) in [5.41, 5.74) is 3.20. The fraction of sp³-hybridized carbons (Fsp3) is 0.475. The maximum absolute atomic E-state index is 14.0.